The summed E-state index contributed by atoms with van der Waals surface area (Å²) >= 11 is 0. The van der Waals surface area contributed by atoms with E-state index >= 15 is 0 Å². The Morgan fingerprint density at radius 1 is 1.25 bits per heavy atom. The highest BCUT2D eigenvalue weighted by Gasteiger charge is 2.22. The minimum absolute atomic E-state index is 0.0165. The summed E-state index contributed by atoms with van der Waals surface area (Å²) in [6.07, 6.45) is 4.34. The maximum absolute atomic E-state index is 12.4. The number of hydrogen-bond acceptors (Lipinski definition) is 4. The fourth-order valence-corrected chi connectivity index (χ4v) is 3.10. The Labute approximate surface area is 142 Å². The van der Waals surface area contributed by atoms with Crippen molar-refractivity contribution in [1.29, 1.82) is 0 Å². The van der Waals surface area contributed by atoms with Crippen molar-refractivity contribution in [2.45, 2.75) is 33.2 Å². The van der Waals surface area contributed by atoms with Gasteiger partial charge >= 0.3 is 0 Å². The standard InChI is InChI=1S/C19H23N3O2/c1-13(18-14(2)21-24-15(18)3)19(23)20-12-16-6-8-17(9-7-16)22-10-4-5-11-22/h4-9,13H,10-12H2,1-3H3,(H,20,23)/t13-/m0/s1. The molecule has 5 heteroatoms. The largest absolute Gasteiger partial charge is 0.364 e. The van der Waals surface area contributed by atoms with Gasteiger partial charge in [-0.15, -0.1) is 0 Å². The van der Waals surface area contributed by atoms with Crippen LogP contribution in [0.1, 0.15) is 35.4 Å². The number of carbonyl (C=O) groups is 1. The molecule has 1 aliphatic heterocycles. The second-order valence-electron chi connectivity index (χ2n) is 6.22. The van der Waals surface area contributed by atoms with Crippen LogP contribution in [0.2, 0.25) is 0 Å². The summed E-state index contributed by atoms with van der Waals surface area (Å²) in [7, 11) is 0. The monoisotopic (exact) mass is 325 g/mol. The van der Waals surface area contributed by atoms with Gasteiger partial charge in [-0.1, -0.05) is 29.4 Å². The Morgan fingerprint density at radius 3 is 2.50 bits per heavy atom. The summed E-state index contributed by atoms with van der Waals surface area (Å²) < 4.78 is 5.15. The Balaban J connectivity index is 1.58. The van der Waals surface area contributed by atoms with Gasteiger partial charge in [-0.25, -0.2) is 0 Å². The number of hydrogen-bond donors (Lipinski definition) is 1. The van der Waals surface area contributed by atoms with Crippen LogP contribution in [0, 0.1) is 13.8 Å². The van der Waals surface area contributed by atoms with Gasteiger partial charge in [-0.3, -0.25) is 4.79 Å². The number of aryl methyl sites for hydroxylation is 2. The number of amides is 1. The van der Waals surface area contributed by atoms with Gasteiger partial charge in [0, 0.05) is 30.9 Å². The van der Waals surface area contributed by atoms with Crippen molar-refractivity contribution < 1.29 is 9.32 Å². The van der Waals surface area contributed by atoms with Gasteiger partial charge in [0.25, 0.3) is 0 Å². The van der Waals surface area contributed by atoms with Crippen LogP contribution >= 0.6 is 0 Å². The third kappa shape index (κ3) is 3.35. The molecule has 1 amide bonds. The van der Waals surface area contributed by atoms with E-state index in [1.165, 1.54) is 5.69 Å². The number of nitrogens with zero attached hydrogens (tertiary/aromatic N) is 2. The van der Waals surface area contributed by atoms with Crippen LogP contribution in [0.15, 0.2) is 40.9 Å². The summed E-state index contributed by atoms with van der Waals surface area (Å²) in [4.78, 5) is 14.7. The average Bonchev–Trinajstić information content (AvgIpc) is 3.23. The Morgan fingerprint density at radius 2 is 1.92 bits per heavy atom. The number of aromatic nitrogens is 1. The minimum atomic E-state index is -0.272. The molecule has 0 spiro atoms. The zero-order chi connectivity index (χ0) is 17.1. The van der Waals surface area contributed by atoms with Gasteiger partial charge in [-0.2, -0.15) is 0 Å². The lowest BCUT2D eigenvalue weighted by molar-refractivity contribution is -0.122. The number of carbonyl (C=O) groups excluding carboxylic acids is 1. The molecular weight excluding hydrogens is 302 g/mol. The molecule has 126 valence electrons. The van der Waals surface area contributed by atoms with Crippen LogP contribution in [0.25, 0.3) is 0 Å². The molecule has 2 heterocycles. The molecule has 1 aliphatic rings. The first-order chi connectivity index (χ1) is 11.6. The van der Waals surface area contributed by atoms with Crippen molar-refractivity contribution in [3.05, 3.63) is 59.0 Å². The molecule has 1 atom stereocenters. The lowest BCUT2D eigenvalue weighted by Gasteiger charge is -2.18. The van der Waals surface area contributed by atoms with Crippen molar-refractivity contribution in [3.8, 4) is 0 Å². The van der Waals surface area contributed by atoms with E-state index in [4.69, 9.17) is 4.52 Å². The van der Waals surface area contributed by atoms with Gasteiger partial charge in [0.05, 0.1) is 11.6 Å². The highest BCUT2D eigenvalue weighted by Crippen LogP contribution is 2.23. The summed E-state index contributed by atoms with van der Waals surface area (Å²) in [5.41, 5.74) is 3.95. The number of rotatable bonds is 5. The average molecular weight is 325 g/mol. The zero-order valence-corrected chi connectivity index (χ0v) is 14.4. The first-order valence-electron chi connectivity index (χ1n) is 8.25. The molecule has 0 bridgehead atoms. The second-order valence-corrected chi connectivity index (χ2v) is 6.22. The van der Waals surface area contributed by atoms with Crippen LogP contribution in [0.5, 0.6) is 0 Å². The van der Waals surface area contributed by atoms with E-state index in [1.54, 1.807) is 0 Å². The molecular formula is C19H23N3O2. The highest BCUT2D eigenvalue weighted by molar-refractivity contribution is 5.83. The molecule has 0 unspecified atom stereocenters. The smallest absolute Gasteiger partial charge is 0.227 e. The number of nitrogens with one attached hydrogen (secondary N) is 1. The summed E-state index contributed by atoms with van der Waals surface area (Å²) in [5, 5.41) is 6.92. The molecule has 0 saturated carbocycles. The van der Waals surface area contributed by atoms with E-state index in [-0.39, 0.29) is 11.8 Å². The molecule has 5 nitrogen and oxygen atoms in total. The maximum atomic E-state index is 12.4. The molecule has 2 aromatic rings. The molecule has 0 aliphatic carbocycles. The van der Waals surface area contributed by atoms with Crippen molar-refractivity contribution in [2.75, 3.05) is 18.0 Å². The number of anilines is 1. The van der Waals surface area contributed by atoms with Crippen molar-refractivity contribution in [1.82, 2.24) is 10.5 Å². The molecule has 1 N–H and O–H groups in total. The first-order valence-corrected chi connectivity index (χ1v) is 8.25. The molecule has 1 aromatic carbocycles. The molecule has 3 rings (SSSR count). The highest BCUT2D eigenvalue weighted by atomic mass is 16.5. The summed E-state index contributed by atoms with van der Waals surface area (Å²) in [6.45, 7) is 8.03. The summed E-state index contributed by atoms with van der Waals surface area (Å²) in [5.74, 6) is 0.419. The fraction of sp³-hybridized carbons (Fsp3) is 0.368. The van der Waals surface area contributed by atoms with Crippen molar-refractivity contribution in [3.63, 3.8) is 0 Å². The van der Waals surface area contributed by atoms with Gasteiger partial charge in [0.15, 0.2) is 0 Å². The quantitative estimate of drug-likeness (QED) is 0.858. The van der Waals surface area contributed by atoms with E-state index in [9.17, 15) is 4.79 Å². The van der Waals surface area contributed by atoms with Crippen LogP contribution in [-0.2, 0) is 11.3 Å². The zero-order valence-electron chi connectivity index (χ0n) is 14.4. The van der Waals surface area contributed by atoms with Crippen LogP contribution < -0.4 is 10.2 Å². The Bertz CT molecular complexity index is 719. The predicted octanol–water partition coefficient (Wildman–Crippen LogP) is 3.09. The third-order valence-corrected chi connectivity index (χ3v) is 4.50. The molecule has 0 fully saturated rings. The Hall–Kier alpha value is -2.56. The molecule has 0 radical (unpaired) electrons. The molecule has 1 aromatic heterocycles. The van der Waals surface area contributed by atoms with E-state index in [0.29, 0.717) is 12.3 Å². The normalized spacial score (nSPS) is 14.9. The van der Waals surface area contributed by atoms with E-state index in [0.717, 1.165) is 29.9 Å². The fourth-order valence-electron chi connectivity index (χ4n) is 3.10. The van der Waals surface area contributed by atoms with Crippen molar-refractivity contribution in [2.24, 2.45) is 0 Å². The molecule has 0 saturated heterocycles. The van der Waals surface area contributed by atoms with E-state index in [2.05, 4.69) is 51.8 Å². The van der Waals surface area contributed by atoms with Crippen LogP contribution in [0.4, 0.5) is 5.69 Å². The van der Waals surface area contributed by atoms with Crippen molar-refractivity contribution >= 4 is 11.6 Å². The molecule has 24 heavy (non-hydrogen) atoms. The van der Waals surface area contributed by atoms with Gasteiger partial charge < -0.3 is 14.7 Å². The third-order valence-electron chi connectivity index (χ3n) is 4.50. The number of benzene rings is 1. The lowest BCUT2D eigenvalue weighted by atomic mass is 9.98. The second kappa shape index (κ2) is 6.91. The van der Waals surface area contributed by atoms with Gasteiger partial charge in [-0.05, 0) is 38.5 Å². The van der Waals surface area contributed by atoms with Crippen LogP contribution in [0.3, 0.4) is 0 Å². The van der Waals surface area contributed by atoms with Gasteiger partial charge in [0.1, 0.15) is 5.76 Å². The van der Waals surface area contributed by atoms with E-state index < -0.39 is 0 Å². The lowest BCUT2D eigenvalue weighted by Crippen LogP contribution is -2.28. The summed E-state index contributed by atoms with van der Waals surface area (Å²) in [6, 6.07) is 8.33. The SMILES string of the molecule is Cc1noc(C)c1[C@H](C)C(=O)NCc1ccc(N2CC=CC2)cc1. The first kappa shape index (κ1) is 16.3. The topological polar surface area (TPSA) is 58.4 Å². The Kier molecular flexibility index (Phi) is 4.69. The maximum Gasteiger partial charge on any atom is 0.227 e. The van der Waals surface area contributed by atoms with Crippen LogP contribution in [-0.4, -0.2) is 24.2 Å². The van der Waals surface area contributed by atoms with E-state index in [1.807, 2.05) is 20.8 Å². The predicted molar refractivity (Wildman–Crippen MR) is 94.0 cm³/mol. The van der Waals surface area contributed by atoms with Gasteiger partial charge in [0.2, 0.25) is 5.91 Å². The minimum Gasteiger partial charge on any atom is -0.364 e.